The summed E-state index contributed by atoms with van der Waals surface area (Å²) in [5.74, 6) is 0. The van der Waals surface area contributed by atoms with Gasteiger partial charge in [0.15, 0.2) is 0 Å². The van der Waals surface area contributed by atoms with Crippen molar-refractivity contribution in [2.75, 3.05) is 0 Å². The molecule has 2 aromatic rings. The standard InChI is InChI=1S/C12H15N3.C3H8.C2H6/c1-8-5-11(6-9(2)13-8)12-7-15(4)14-10(12)3;1-3-2;1-2/h5-7H,1-4H3;3H2,1-2H3;1-2H3. The van der Waals surface area contributed by atoms with Gasteiger partial charge in [0.2, 0.25) is 0 Å². The van der Waals surface area contributed by atoms with Gasteiger partial charge in [-0.3, -0.25) is 9.67 Å². The van der Waals surface area contributed by atoms with Crippen LogP contribution in [-0.2, 0) is 7.05 Å². The van der Waals surface area contributed by atoms with E-state index in [0.29, 0.717) is 0 Å². The maximum Gasteiger partial charge on any atom is 0.0671 e. The molecular weight excluding hydrogens is 246 g/mol. The highest BCUT2D eigenvalue weighted by Gasteiger charge is 2.06. The van der Waals surface area contributed by atoms with E-state index in [1.807, 2.05) is 52.5 Å². The molecule has 0 N–H and O–H groups in total. The zero-order valence-corrected chi connectivity index (χ0v) is 14.3. The van der Waals surface area contributed by atoms with Crippen LogP contribution in [0.1, 0.15) is 51.2 Å². The van der Waals surface area contributed by atoms with E-state index in [4.69, 9.17) is 0 Å². The van der Waals surface area contributed by atoms with Crippen molar-refractivity contribution in [3.8, 4) is 11.1 Å². The predicted octanol–water partition coefficient (Wildman–Crippen LogP) is 4.85. The Kier molecular flexibility index (Phi) is 8.53. The molecule has 0 bridgehead atoms. The smallest absolute Gasteiger partial charge is 0.0671 e. The zero-order valence-electron chi connectivity index (χ0n) is 14.3. The minimum absolute atomic E-state index is 1.05. The van der Waals surface area contributed by atoms with Crippen molar-refractivity contribution >= 4 is 0 Å². The third kappa shape index (κ3) is 5.55. The first-order chi connectivity index (χ1) is 9.47. The average Bonchev–Trinajstić information content (AvgIpc) is 2.71. The van der Waals surface area contributed by atoms with E-state index < -0.39 is 0 Å². The van der Waals surface area contributed by atoms with Crippen molar-refractivity contribution in [3.63, 3.8) is 0 Å². The first kappa shape index (κ1) is 18.4. The molecule has 0 aliphatic heterocycles. The third-order valence-electron chi connectivity index (χ3n) is 2.41. The minimum atomic E-state index is 1.05. The molecule has 0 aliphatic carbocycles. The molecule has 112 valence electrons. The van der Waals surface area contributed by atoms with E-state index in [-0.39, 0.29) is 0 Å². The number of rotatable bonds is 1. The number of hydrogen-bond donors (Lipinski definition) is 0. The Balaban J connectivity index is 0.000000641. The Morgan fingerprint density at radius 3 is 1.80 bits per heavy atom. The van der Waals surface area contributed by atoms with Gasteiger partial charge in [-0.15, -0.1) is 0 Å². The summed E-state index contributed by atoms with van der Waals surface area (Å²) >= 11 is 0. The average molecular weight is 275 g/mol. The fourth-order valence-electron chi connectivity index (χ4n) is 1.87. The summed E-state index contributed by atoms with van der Waals surface area (Å²) in [6.45, 7) is 14.3. The van der Waals surface area contributed by atoms with E-state index in [2.05, 4.69) is 36.1 Å². The lowest BCUT2D eigenvalue weighted by Gasteiger charge is -2.02. The normalized spacial score (nSPS) is 9.20. The van der Waals surface area contributed by atoms with Gasteiger partial charge in [0.25, 0.3) is 0 Å². The highest BCUT2D eigenvalue weighted by Crippen LogP contribution is 2.23. The van der Waals surface area contributed by atoms with E-state index in [1.54, 1.807) is 0 Å². The molecule has 0 saturated heterocycles. The summed E-state index contributed by atoms with van der Waals surface area (Å²) in [7, 11) is 1.94. The first-order valence-corrected chi connectivity index (χ1v) is 7.43. The van der Waals surface area contributed by atoms with Gasteiger partial charge in [0.05, 0.1) is 5.69 Å². The van der Waals surface area contributed by atoms with Gasteiger partial charge in [-0.1, -0.05) is 34.1 Å². The molecule has 20 heavy (non-hydrogen) atoms. The van der Waals surface area contributed by atoms with Crippen molar-refractivity contribution in [2.24, 2.45) is 7.05 Å². The second kappa shape index (κ2) is 9.29. The lowest BCUT2D eigenvalue weighted by molar-refractivity contribution is 0.756. The highest BCUT2D eigenvalue weighted by molar-refractivity contribution is 5.65. The van der Waals surface area contributed by atoms with E-state index in [1.165, 1.54) is 17.5 Å². The van der Waals surface area contributed by atoms with Crippen molar-refractivity contribution < 1.29 is 0 Å². The fourth-order valence-corrected chi connectivity index (χ4v) is 1.87. The summed E-state index contributed by atoms with van der Waals surface area (Å²) in [6, 6.07) is 4.19. The molecule has 0 saturated carbocycles. The Bertz CT molecular complexity index is 493. The van der Waals surface area contributed by atoms with Gasteiger partial charge in [0.1, 0.15) is 0 Å². The summed E-state index contributed by atoms with van der Waals surface area (Å²) in [6.07, 6.45) is 3.30. The number of nitrogens with zero attached hydrogens (tertiary/aromatic N) is 3. The van der Waals surface area contributed by atoms with Gasteiger partial charge >= 0.3 is 0 Å². The number of aromatic nitrogens is 3. The molecule has 2 aromatic heterocycles. The Morgan fingerprint density at radius 1 is 1.00 bits per heavy atom. The molecular formula is C17H29N3. The molecule has 2 rings (SSSR count). The predicted molar refractivity (Wildman–Crippen MR) is 88.0 cm³/mol. The fraction of sp³-hybridized carbons (Fsp3) is 0.529. The highest BCUT2D eigenvalue weighted by atomic mass is 15.2. The monoisotopic (exact) mass is 275 g/mol. The Hall–Kier alpha value is -1.64. The van der Waals surface area contributed by atoms with Crippen LogP contribution in [-0.4, -0.2) is 14.8 Å². The van der Waals surface area contributed by atoms with Gasteiger partial charge in [-0.2, -0.15) is 5.10 Å². The molecule has 0 aliphatic rings. The molecule has 0 radical (unpaired) electrons. The van der Waals surface area contributed by atoms with Crippen LogP contribution in [0.2, 0.25) is 0 Å². The second-order valence-electron chi connectivity index (χ2n) is 4.65. The maximum absolute atomic E-state index is 4.37. The molecule has 0 unspecified atom stereocenters. The van der Waals surface area contributed by atoms with Crippen LogP contribution < -0.4 is 0 Å². The van der Waals surface area contributed by atoms with Crippen LogP contribution in [0.25, 0.3) is 11.1 Å². The van der Waals surface area contributed by atoms with E-state index in [0.717, 1.165) is 17.1 Å². The molecule has 0 amide bonds. The molecule has 0 aromatic carbocycles. The summed E-state index contributed by atoms with van der Waals surface area (Å²) in [4.78, 5) is 4.37. The maximum atomic E-state index is 4.37. The molecule has 3 nitrogen and oxygen atoms in total. The van der Waals surface area contributed by atoms with E-state index >= 15 is 0 Å². The largest absolute Gasteiger partial charge is 0.275 e. The van der Waals surface area contributed by atoms with Crippen molar-refractivity contribution in [3.05, 3.63) is 35.4 Å². The van der Waals surface area contributed by atoms with Crippen molar-refractivity contribution in [2.45, 2.75) is 54.9 Å². The van der Waals surface area contributed by atoms with Gasteiger partial charge in [-0.05, 0) is 38.5 Å². The van der Waals surface area contributed by atoms with Crippen LogP contribution in [0.15, 0.2) is 18.3 Å². The Labute approximate surface area is 124 Å². The summed E-state index contributed by atoms with van der Waals surface area (Å²) in [5.41, 5.74) is 5.54. The molecule has 2 heterocycles. The molecule has 3 heteroatoms. The van der Waals surface area contributed by atoms with Crippen LogP contribution >= 0.6 is 0 Å². The van der Waals surface area contributed by atoms with Gasteiger partial charge < -0.3 is 0 Å². The summed E-state index contributed by atoms with van der Waals surface area (Å²) in [5, 5.41) is 4.34. The zero-order chi connectivity index (χ0) is 15.7. The quantitative estimate of drug-likeness (QED) is 0.745. The lowest BCUT2D eigenvalue weighted by atomic mass is 10.1. The lowest BCUT2D eigenvalue weighted by Crippen LogP contribution is -1.88. The molecule has 0 spiro atoms. The van der Waals surface area contributed by atoms with Gasteiger partial charge in [0, 0.05) is 30.2 Å². The Morgan fingerprint density at radius 2 is 1.45 bits per heavy atom. The van der Waals surface area contributed by atoms with Crippen LogP contribution in [0.4, 0.5) is 0 Å². The third-order valence-corrected chi connectivity index (χ3v) is 2.41. The number of aryl methyl sites for hydroxylation is 4. The molecule has 0 fully saturated rings. The van der Waals surface area contributed by atoms with Crippen LogP contribution in [0, 0.1) is 20.8 Å². The van der Waals surface area contributed by atoms with Crippen LogP contribution in [0.5, 0.6) is 0 Å². The minimum Gasteiger partial charge on any atom is -0.275 e. The molecule has 0 atom stereocenters. The number of pyridine rings is 1. The van der Waals surface area contributed by atoms with Gasteiger partial charge in [-0.25, -0.2) is 0 Å². The topological polar surface area (TPSA) is 30.7 Å². The second-order valence-corrected chi connectivity index (χ2v) is 4.65. The van der Waals surface area contributed by atoms with Crippen LogP contribution in [0.3, 0.4) is 0 Å². The first-order valence-electron chi connectivity index (χ1n) is 7.43. The van der Waals surface area contributed by atoms with E-state index in [9.17, 15) is 0 Å². The summed E-state index contributed by atoms with van der Waals surface area (Å²) < 4.78 is 1.84. The van der Waals surface area contributed by atoms with Crippen molar-refractivity contribution in [1.29, 1.82) is 0 Å². The van der Waals surface area contributed by atoms with Crippen molar-refractivity contribution in [1.82, 2.24) is 14.8 Å². The number of hydrogen-bond acceptors (Lipinski definition) is 2. The SMILES string of the molecule is CC.CCC.Cc1cc(-c2cn(C)nc2C)cc(C)n1.